The largest absolute Gasteiger partial charge is 0.507 e. The normalized spacial score (nSPS) is 9.50. The lowest BCUT2D eigenvalue weighted by Gasteiger charge is -2.04. The van der Waals surface area contributed by atoms with E-state index in [9.17, 15) is 9.90 Å². The van der Waals surface area contributed by atoms with Crippen molar-refractivity contribution in [1.29, 1.82) is 0 Å². The number of nitrogens with one attached hydrogen (secondary N) is 1. The van der Waals surface area contributed by atoms with Crippen LogP contribution >= 0.6 is 15.9 Å². The number of benzene rings is 1. The molecular formula is C10H10BrNO2. The molecule has 4 heteroatoms. The lowest BCUT2D eigenvalue weighted by molar-refractivity contribution is 0.0955. The van der Waals surface area contributed by atoms with E-state index in [-0.39, 0.29) is 17.2 Å². The van der Waals surface area contributed by atoms with Crippen LogP contribution in [0.4, 0.5) is 0 Å². The predicted molar refractivity (Wildman–Crippen MR) is 58.3 cm³/mol. The van der Waals surface area contributed by atoms with Crippen LogP contribution in [-0.2, 0) is 0 Å². The molecule has 0 fully saturated rings. The third-order valence-electron chi connectivity index (χ3n) is 1.61. The Morgan fingerprint density at radius 2 is 2.36 bits per heavy atom. The maximum absolute atomic E-state index is 11.4. The molecule has 1 rings (SSSR count). The van der Waals surface area contributed by atoms with Gasteiger partial charge in [0.1, 0.15) is 5.75 Å². The first-order chi connectivity index (χ1) is 6.65. The fourth-order valence-electron chi connectivity index (χ4n) is 0.957. The van der Waals surface area contributed by atoms with Crippen LogP contribution in [0, 0.1) is 0 Å². The molecular weight excluding hydrogens is 246 g/mol. The van der Waals surface area contributed by atoms with E-state index in [0.29, 0.717) is 6.54 Å². The van der Waals surface area contributed by atoms with Gasteiger partial charge in [0.25, 0.3) is 5.91 Å². The number of halogens is 1. The summed E-state index contributed by atoms with van der Waals surface area (Å²) in [5.74, 6) is -0.351. The number of hydrogen-bond acceptors (Lipinski definition) is 2. The summed E-state index contributed by atoms with van der Waals surface area (Å²) < 4.78 is 0.732. The molecule has 0 radical (unpaired) electrons. The van der Waals surface area contributed by atoms with Crippen molar-refractivity contribution in [3.05, 3.63) is 40.9 Å². The molecule has 0 aliphatic heterocycles. The van der Waals surface area contributed by atoms with Gasteiger partial charge in [-0.05, 0) is 18.2 Å². The standard InChI is InChI=1S/C10H10BrNO2/c1-2-5-12-10(14)8-4-3-7(11)6-9(8)13/h2-4,6,13H,1,5H2,(H,12,14). The van der Waals surface area contributed by atoms with Gasteiger partial charge in [0, 0.05) is 11.0 Å². The first-order valence-electron chi connectivity index (χ1n) is 4.02. The average Bonchev–Trinajstić information content (AvgIpc) is 2.14. The molecule has 1 aromatic carbocycles. The summed E-state index contributed by atoms with van der Waals surface area (Å²) in [7, 11) is 0. The lowest BCUT2D eigenvalue weighted by Crippen LogP contribution is -2.23. The van der Waals surface area contributed by atoms with Crippen LogP contribution in [0.1, 0.15) is 10.4 Å². The maximum atomic E-state index is 11.4. The molecule has 0 aromatic heterocycles. The number of rotatable bonds is 3. The molecule has 3 nitrogen and oxygen atoms in total. The van der Waals surface area contributed by atoms with Crippen molar-refractivity contribution in [3.8, 4) is 5.75 Å². The summed E-state index contributed by atoms with van der Waals surface area (Å²) in [6.07, 6.45) is 1.58. The second-order valence-electron chi connectivity index (χ2n) is 2.66. The van der Waals surface area contributed by atoms with Gasteiger partial charge in [-0.1, -0.05) is 22.0 Å². The molecule has 0 bridgehead atoms. The van der Waals surface area contributed by atoms with E-state index in [1.807, 2.05) is 0 Å². The smallest absolute Gasteiger partial charge is 0.255 e. The van der Waals surface area contributed by atoms with Crippen molar-refractivity contribution in [3.63, 3.8) is 0 Å². The zero-order chi connectivity index (χ0) is 10.6. The Morgan fingerprint density at radius 1 is 1.64 bits per heavy atom. The molecule has 0 heterocycles. The third kappa shape index (κ3) is 2.60. The van der Waals surface area contributed by atoms with Crippen LogP contribution in [0.25, 0.3) is 0 Å². The number of amides is 1. The Balaban J connectivity index is 2.84. The number of aromatic hydroxyl groups is 1. The van der Waals surface area contributed by atoms with Gasteiger partial charge in [-0.2, -0.15) is 0 Å². The van der Waals surface area contributed by atoms with E-state index in [2.05, 4.69) is 27.8 Å². The number of hydrogen-bond donors (Lipinski definition) is 2. The van der Waals surface area contributed by atoms with E-state index in [4.69, 9.17) is 0 Å². The molecule has 14 heavy (non-hydrogen) atoms. The van der Waals surface area contributed by atoms with Gasteiger partial charge in [0.05, 0.1) is 5.56 Å². The summed E-state index contributed by atoms with van der Waals surface area (Å²) in [6.45, 7) is 3.86. The third-order valence-corrected chi connectivity index (χ3v) is 2.10. The highest BCUT2D eigenvalue weighted by Gasteiger charge is 2.09. The second kappa shape index (κ2) is 4.81. The Labute approximate surface area is 90.6 Å². The van der Waals surface area contributed by atoms with Gasteiger partial charge >= 0.3 is 0 Å². The molecule has 0 saturated heterocycles. The summed E-state index contributed by atoms with van der Waals surface area (Å²) in [5, 5.41) is 12.0. The highest BCUT2D eigenvalue weighted by atomic mass is 79.9. The van der Waals surface area contributed by atoms with Gasteiger partial charge in [-0.15, -0.1) is 6.58 Å². The van der Waals surface area contributed by atoms with Crippen molar-refractivity contribution in [2.45, 2.75) is 0 Å². The summed E-state index contributed by atoms with van der Waals surface area (Å²) in [6, 6.07) is 4.73. The van der Waals surface area contributed by atoms with Crippen molar-refractivity contribution < 1.29 is 9.90 Å². The molecule has 0 atom stereocenters. The van der Waals surface area contributed by atoms with Gasteiger partial charge in [0.15, 0.2) is 0 Å². The van der Waals surface area contributed by atoms with Crippen molar-refractivity contribution in [2.75, 3.05) is 6.54 Å². The average molecular weight is 256 g/mol. The van der Waals surface area contributed by atoms with Crippen LogP contribution in [0.15, 0.2) is 35.3 Å². The predicted octanol–water partition coefficient (Wildman–Crippen LogP) is 2.07. The van der Waals surface area contributed by atoms with Crippen molar-refractivity contribution in [1.82, 2.24) is 5.32 Å². The minimum absolute atomic E-state index is 0.0408. The van der Waals surface area contributed by atoms with Crippen molar-refractivity contribution in [2.24, 2.45) is 0 Å². The molecule has 0 unspecified atom stereocenters. The van der Waals surface area contributed by atoms with E-state index >= 15 is 0 Å². The molecule has 0 saturated carbocycles. The molecule has 1 aromatic rings. The van der Waals surface area contributed by atoms with E-state index in [1.165, 1.54) is 6.07 Å². The molecule has 0 aliphatic carbocycles. The summed E-state index contributed by atoms with van der Waals surface area (Å²) in [4.78, 5) is 11.4. The Hall–Kier alpha value is -1.29. The molecule has 0 aliphatic rings. The SMILES string of the molecule is C=CCNC(=O)c1ccc(Br)cc1O. The first-order valence-corrected chi connectivity index (χ1v) is 4.82. The highest BCUT2D eigenvalue weighted by molar-refractivity contribution is 9.10. The Morgan fingerprint density at radius 3 is 2.93 bits per heavy atom. The number of carbonyl (C=O) groups is 1. The second-order valence-corrected chi connectivity index (χ2v) is 3.58. The van der Waals surface area contributed by atoms with Crippen LogP contribution in [-0.4, -0.2) is 17.6 Å². The topological polar surface area (TPSA) is 49.3 Å². The van der Waals surface area contributed by atoms with Gasteiger partial charge in [-0.25, -0.2) is 0 Å². The number of phenols is 1. The quantitative estimate of drug-likeness (QED) is 0.813. The fourth-order valence-corrected chi connectivity index (χ4v) is 1.31. The van der Waals surface area contributed by atoms with E-state index in [1.54, 1.807) is 18.2 Å². The Kier molecular flexibility index (Phi) is 3.71. The molecule has 1 amide bonds. The maximum Gasteiger partial charge on any atom is 0.255 e. The monoisotopic (exact) mass is 255 g/mol. The molecule has 0 spiro atoms. The van der Waals surface area contributed by atoms with E-state index < -0.39 is 0 Å². The lowest BCUT2D eigenvalue weighted by atomic mass is 10.2. The number of carbonyl (C=O) groups excluding carboxylic acids is 1. The first kappa shape index (κ1) is 10.8. The summed E-state index contributed by atoms with van der Waals surface area (Å²) in [5.41, 5.74) is 0.259. The van der Waals surface area contributed by atoms with Crippen LogP contribution in [0.2, 0.25) is 0 Å². The van der Waals surface area contributed by atoms with Crippen LogP contribution in [0.5, 0.6) is 5.75 Å². The van der Waals surface area contributed by atoms with Gasteiger partial charge in [-0.3, -0.25) is 4.79 Å². The molecule has 2 N–H and O–H groups in total. The Bertz CT molecular complexity index is 363. The van der Waals surface area contributed by atoms with E-state index in [0.717, 1.165) is 4.47 Å². The van der Waals surface area contributed by atoms with Gasteiger partial charge < -0.3 is 10.4 Å². The van der Waals surface area contributed by atoms with Crippen molar-refractivity contribution >= 4 is 21.8 Å². The zero-order valence-electron chi connectivity index (χ0n) is 7.46. The summed E-state index contributed by atoms with van der Waals surface area (Å²) >= 11 is 3.19. The van der Waals surface area contributed by atoms with Gasteiger partial charge in [0.2, 0.25) is 0 Å². The number of phenolic OH excluding ortho intramolecular Hbond substituents is 1. The highest BCUT2D eigenvalue weighted by Crippen LogP contribution is 2.21. The van der Waals surface area contributed by atoms with Crippen LogP contribution < -0.4 is 5.32 Å². The van der Waals surface area contributed by atoms with Crippen LogP contribution in [0.3, 0.4) is 0 Å². The molecule has 74 valence electrons. The zero-order valence-corrected chi connectivity index (χ0v) is 9.04. The minimum Gasteiger partial charge on any atom is -0.507 e. The fraction of sp³-hybridized carbons (Fsp3) is 0.100. The minimum atomic E-state index is -0.310.